The van der Waals surface area contributed by atoms with E-state index in [1.165, 1.54) is 32.1 Å². The number of halogens is 2. The molecule has 2 fully saturated rings. The summed E-state index contributed by atoms with van der Waals surface area (Å²) in [4.78, 5) is -0.496. The van der Waals surface area contributed by atoms with Crippen molar-refractivity contribution >= 4 is 23.4 Å². The van der Waals surface area contributed by atoms with Gasteiger partial charge in [0.05, 0.1) is 0 Å². The SMILES string of the molecule is ClN1CCNCCNCCNCCNCC1(Cl)CC1CCCCC1.[Mn+2]. The first-order chi connectivity index (χ1) is 11.7. The van der Waals surface area contributed by atoms with Gasteiger partial charge in [0.1, 0.15) is 5.00 Å². The summed E-state index contributed by atoms with van der Waals surface area (Å²) in [5, 5.41) is 13.8. The maximum absolute atomic E-state index is 7.03. The van der Waals surface area contributed by atoms with E-state index >= 15 is 0 Å². The van der Waals surface area contributed by atoms with Crippen molar-refractivity contribution in [1.29, 1.82) is 0 Å². The molecule has 1 unspecified atom stereocenters. The molecule has 1 saturated heterocycles. The van der Waals surface area contributed by atoms with Crippen molar-refractivity contribution in [1.82, 2.24) is 25.7 Å². The zero-order valence-corrected chi connectivity index (χ0v) is 18.0. The van der Waals surface area contributed by atoms with Gasteiger partial charge in [0.25, 0.3) is 0 Å². The molecule has 1 saturated carbocycles. The van der Waals surface area contributed by atoms with Gasteiger partial charge in [-0.3, -0.25) is 0 Å². The van der Waals surface area contributed by atoms with E-state index in [9.17, 15) is 0 Å². The number of rotatable bonds is 2. The van der Waals surface area contributed by atoms with Gasteiger partial charge in [0.2, 0.25) is 0 Å². The molecule has 0 aromatic carbocycles. The quantitative estimate of drug-likeness (QED) is 0.230. The Morgan fingerprint density at radius 3 is 1.92 bits per heavy atom. The average molecular weight is 435 g/mol. The normalized spacial score (nSPS) is 30.0. The van der Waals surface area contributed by atoms with Crippen LogP contribution in [0, 0.1) is 5.92 Å². The minimum Gasteiger partial charge on any atom is -0.314 e. The predicted octanol–water partition coefficient (Wildman–Crippen LogP) is 1.72. The van der Waals surface area contributed by atoms with Crippen molar-refractivity contribution in [2.45, 2.75) is 43.5 Å². The van der Waals surface area contributed by atoms with Crippen LogP contribution in [0.3, 0.4) is 0 Å². The molecule has 0 aromatic rings. The second kappa shape index (κ2) is 14.0. The predicted molar refractivity (Wildman–Crippen MR) is 104 cm³/mol. The van der Waals surface area contributed by atoms with Crippen molar-refractivity contribution in [3.8, 4) is 0 Å². The Hall–Kier alpha value is 0.899. The first-order valence-corrected chi connectivity index (χ1v) is 10.4. The molecule has 2 aliphatic rings. The fraction of sp³-hybridized carbons (Fsp3) is 1.00. The molecule has 0 amide bonds. The second-order valence-electron chi connectivity index (χ2n) is 7.14. The van der Waals surface area contributed by atoms with E-state index in [2.05, 4.69) is 21.3 Å². The Balaban J connectivity index is 0.00000312. The molecule has 1 aliphatic carbocycles. The van der Waals surface area contributed by atoms with Crippen LogP contribution in [0.4, 0.5) is 0 Å². The first-order valence-electron chi connectivity index (χ1n) is 9.66. The first kappa shape index (κ1) is 23.9. The monoisotopic (exact) mass is 434 g/mol. The van der Waals surface area contributed by atoms with E-state index in [1.54, 1.807) is 0 Å². The minimum absolute atomic E-state index is 0. The van der Waals surface area contributed by atoms with E-state index in [4.69, 9.17) is 23.4 Å². The Morgan fingerprint density at radius 2 is 1.32 bits per heavy atom. The molecule has 0 bridgehead atoms. The van der Waals surface area contributed by atoms with Gasteiger partial charge in [-0.05, 0) is 24.1 Å². The van der Waals surface area contributed by atoms with Crippen LogP contribution in [-0.4, -0.2) is 68.3 Å². The average Bonchev–Trinajstić information content (AvgIpc) is 2.59. The Labute approximate surface area is 174 Å². The van der Waals surface area contributed by atoms with Gasteiger partial charge in [-0.1, -0.05) is 43.7 Å². The third-order valence-electron chi connectivity index (χ3n) is 5.08. The summed E-state index contributed by atoms with van der Waals surface area (Å²) in [5.41, 5.74) is 0. The second-order valence-corrected chi connectivity index (χ2v) is 8.25. The molecule has 1 heterocycles. The number of nitrogens with zero attached hydrogens (tertiary/aromatic N) is 1. The minimum atomic E-state index is -0.496. The maximum Gasteiger partial charge on any atom is 2.00 e. The van der Waals surface area contributed by atoms with Crippen molar-refractivity contribution in [3.05, 3.63) is 0 Å². The van der Waals surface area contributed by atoms with E-state index < -0.39 is 5.00 Å². The van der Waals surface area contributed by atoms with E-state index in [0.29, 0.717) is 5.92 Å². The van der Waals surface area contributed by atoms with Gasteiger partial charge in [0.15, 0.2) is 0 Å². The van der Waals surface area contributed by atoms with Gasteiger partial charge in [0, 0.05) is 58.9 Å². The molecule has 2 rings (SSSR count). The standard InChI is InChI=1S/C17H35Cl2N5.Mn/c18-17(14-16-4-2-1-3-5-16)15-23-11-10-21-7-6-20-8-9-22-12-13-24(17)19;/h16,20-23H,1-15H2;/q;+2. The molecule has 5 nitrogen and oxygen atoms in total. The summed E-state index contributed by atoms with van der Waals surface area (Å²) < 4.78 is 1.84. The molecule has 147 valence electrons. The fourth-order valence-corrected chi connectivity index (χ4v) is 4.26. The number of alkyl halides is 1. The largest absolute Gasteiger partial charge is 2.00 e. The fourth-order valence-electron chi connectivity index (χ4n) is 3.65. The smallest absolute Gasteiger partial charge is 0.314 e. The maximum atomic E-state index is 7.03. The third-order valence-corrected chi connectivity index (χ3v) is 6.15. The van der Waals surface area contributed by atoms with Gasteiger partial charge in [-0.25, -0.2) is 0 Å². The van der Waals surface area contributed by atoms with Crippen LogP contribution in [0.2, 0.25) is 0 Å². The Morgan fingerprint density at radius 1 is 0.800 bits per heavy atom. The summed E-state index contributed by atoms with van der Waals surface area (Å²) in [6.45, 7) is 8.18. The molecular formula is C17H35Cl2MnN5+2. The van der Waals surface area contributed by atoms with Gasteiger partial charge >= 0.3 is 17.1 Å². The molecule has 1 atom stereocenters. The zero-order valence-electron chi connectivity index (χ0n) is 15.3. The Kier molecular flexibility index (Phi) is 13.4. The van der Waals surface area contributed by atoms with Gasteiger partial charge in [-0.2, -0.15) is 4.42 Å². The van der Waals surface area contributed by atoms with E-state index in [-0.39, 0.29) is 17.1 Å². The zero-order chi connectivity index (χ0) is 17.1. The molecule has 25 heavy (non-hydrogen) atoms. The molecule has 0 spiro atoms. The number of hydrogen-bond donors (Lipinski definition) is 4. The summed E-state index contributed by atoms with van der Waals surface area (Å²) >= 11 is 13.7. The molecule has 0 aromatic heterocycles. The van der Waals surface area contributed by atoms with Crippen LogP contribution in [0.15, 0.2) is 0 Å². The molecule has 1 radical (unpaired) electrons. The van der Waals surface area contributed by atoms with Crippen molar-refractivity contribution in [2.24, 2.45) is 5.92 Å². The molecular weight excluding hydrogens is 400 g/mol. The number of hydrogen-bond acceptors (Lipinski definition) is 5. The molecule has 4 N–H and O–H groups in total. The Bertz CT molecular complexity index is 334. The van der Waals surface area contributed by atoms with Crippen LogP contribution in [0.25, 0.3) is 0 Å². The summed E-state index contributed by atoms with van der Waals surface area (Å²) in [6, 6.07) is 0. The topological polar surface area (TPSA) is 51.4 Å². The van der Waals surface area contributed by atoms with Crippen LogP contribution in [0.1, 0.15) is 38.5 Å². The van der Waals surface area contributed by atoms with Crippen LogP contribution < -0.4 is 21.3 Å². The van der Waals surface area contributed by atoms with Gasteiger partial charge < -0.3 is 21.3 Å². The van der Waals surface area contributed by atoms with Crippen molar-refractivity contribution < 1.29 is 17.1 Å². The summed E-state index contributed by atoms with van der Waals surface area (Å²) in [6.07, 6.45) is 7.62. The van der Waals surface area contributed by atoms with Crippen molar-refractivity contribution in [2.75, 3.05) is 58.9 Å². The number of nitrogens with one attached hydrogen (secondary N) is 4. The van der Waals surface area contributed by atoms with Crippen LogP contribution in [-0.2, 0) is 17.1 Å². The molecule has 8 heteroatoms. The third kappa shape index (κ3) is 9.59. The molecule has 1 aliphatic heterocycles. The summed E-state index contributed by atoms with van der Waals surface area (Å²) in [5.74, 6) is 0.705. The van der Waals surface area contributed by atoms with Crippen LogP contribution in [0.5, 0.6) is 0 Å². The van der Waals surface area contributed by atoms with Crippen LogP contribution >= 0.6 is 23.4 Å². The summed E-state index contributed by atoms with van der Waals surface area (Å²) in [7, 11) is 0. The van der Waals surface area contributed by atoms with Crippen molar-refractivity contribution in [3.63, 3.8) is 0 Å². The van der Waals surface area contributed by atoms with E-state index in [0.717, 1.165) is 65.3 Å². The van der Waals surface area contributed by atoms with E-state index in [1.807, 2.05) is 4.42 Å². The van der Waals surface area contributed by atoms with Gasteiger partial charge in [-0.15, -0.1) is 0 Å².